The van der Waals surface area contributed by atoms with Gasteiger partial charge in [-0.1, -0.05) is 0 Å². The Morgan fingerprint density at radius 2 is 2.50 bits per heavy atom. The second-order valence-electron chi connectivity index (χ2n) is 2.79. The lowest BCUT2D eigenvalue weighted by atomic mass is 10.2. The van der Waals surface area contributed by atoms with Crippen molar-refractivity contribution in [1.29, 1.82) is 0 Å². The largest absolute Gasteiger partial charge is 0.360 e. The van der Waals surface area contributed by atoms with Crippen LogP contribution in [-0.2, 0) is 19.3 Å². The Bertz CT molecular complexity index is 152. The average molecular weight is 176 g/mol. The van der Waals surface area contributed by atoms with Gasteiger partial charge in [-0.25, -0.2) is 0 Å². The smallest absolute Gasteiger partial charge is 0.245 e. The predicted octanol–water partition coefficient (Wildman–Crippen LogP) is -0.0215. The number of aliphatic hydroxyl groups is 1. The van der Waals surface area contributed by atoms with E-state index in [1.165, 1.54) is 0 Å². The van der Waals surface area contributed by atoms with Crippen molar-refractivity contribution in [1.82, 2.24) is 0 Å². The molecule has 12 heavy (non-hydrogen) atoms. The van der Waals surface area contributed by atoms with Crippen molar-refractivity contribution in [2.45, 2.75) is 31.8 Å². The predicted molar refractivity (Wildman–Crippen MR) is 37.8 cm³/mol. The third kappa shape index (κ3) is 2.53. The molecule has 1 saturated heterocycles. The molecule has 2 atom stereocenters. The van der Waals surface area contributed by atoms with Crippen LogP contribution >= 0.6 is 0 Å². The van der Waals surface area contributed by atoms with E-state index in [1.807, 2.05) is 0 Å². The Labute approximate surface area is 70.1 Å². The topological polar surface area (TPSA) is 65.0 Å². The summed E-state index contributed by atoms with van der Waals surface area (Å²) in [6.45, 7) is 2.30. The minimum Gasteiger partial charge on any atom is -0.360 e. The van der Waals surface area contributed by atoms with Crippen molar-refractivity contribution in [3.8, 4) is 0 Å². The number of aliphatic hydroxyl groups excluding tert-OH is 1. The fourth-order valence-electron chi connectivity index (χ4n) is 0.993. The number of hydrogen-bond donors (Lipinski definition) is 1. The van der Waals surface area contributed by atoms with Crippen molar-refractivity contribution in [3.63, 3.8) is 0 Å². The highest BCUT2D eigenvalue weighted by molar-refractivity contribution is 5.53. The van der Waals surface area contributed by atoms with Crippen molar-refractivity contribution in [2.24, 2.45) is 0 Å². The average Bonchev–Trinajstić information content (AvgIpc) is 2.49. The summed E-state index contributed by atoms with van der Waals surface area (Å²) in [6, 6.07) is 0. The maximum atomic E-state index is 9.92. The Morgan fingerprint density at radius 1 is 1.75 bits per heavy atom. The summed E-state index contributed by atoms with van der Waals surface area (Å²) in [5, 5.41) is 8.66. The minimum absolute atomic E-state index is 0.234. The SMILES string of the molecule is CC1(OOC(O)C=O)CCCO1. The van der Waals surface area contributed by atoms with Crippen molar-refractivity contribution >= 4 is 6.29 Å². The van der Waals surface area contributed by atoms with Crippen molar-refractivity contribution in [2.75, 3.05) is 6.61 Å². The number of aldehydes is 1. The number of ether oxygens (including phenoxy) is 1. The molecule has 0 amide bonds. The highest BCUT2D eigenvalue weighted by atomic mass is 17.2. The van der Waals surface area contributed by atoms with E-state index in [4.69, 9.17) is 14.7 Å². The first-order valence-corrected chi connectivity index (χ1v) is 3.78. The molecule has 70 valence electrons. The molecule has 1 N–H and O–H groups in total. The van der Waals surface area contributed by atoms with E-state index in [9.17, 15) is 4.79 Å². The Morgan fingerprint density at radius 3 is 3.00 bits per heavy atom. The minimum atomic E-state index is -1.54. The number of carbonyl (C=O) groups is 1. The van der Waals surface area contributed by atoms with Crippen LogP contribution in [0.15, 0.2) is 0 Å². The molecule has 0 spiro atoms. The van der Waals surface area contributed by atoms with Crippen LogP contribution in [0.3, 0.4) is 0 Å². The highest BCUT2D eigenvalue weighted by Crippen LogP contribution is 2.26. The van der Waals surface area contributed by atoms with Crippen molar-refractivity contribution < 1.29 is 24.4 Å². The van der Waals surface area contributed by atoms with Gasteiger partial charge in [0.1, 0.15) is 0 Å². The van der Waals surface area contributed by atoms with Crippen LogP contribution in [0.2, 0.25) is 0 Å². The zero-order valence-electron chi connectivity index (χ0n) is 6.86. The fourth-order valence-corrected chi connectivity index (χ4v) is 0.993. The standard InChI is InChI=1S/C7H12O5/c1-7(3-2-4-10-7)12-11-6(9)5-8/h5-6,9H,2-4H2,1H3. The number of hydrogen-bond acceptors (Lipinski definition) is 5. The molecule has 0 bridgehead atoms. The summed E-state index contributed by atoms with van der Waals surface area (Å²) in [4.78, 5) is 19.0. The molecule has 0 aromatic rings. The second-order valence-corrected chi connectivity index (χ2v) is 2.79. The zero-order chi connectivity index (χ0) is 9.03. The first kappa shape index (κ1) is 9.60. The van der Waals surface area contributed by atoms with Crippen molar-refractivity contribution in [3.05, 3.63) is 0 Å². The highest BCUT2D eigenvalue weighted by Gasteiger charge is 2.32. The molecule has 2 unspecified atom stereocenters. The Hall–Kier alpha value is -0.490. The van der Waals surface area contributed by atoms with Gasteiger partial charge in [0.2, 0.25) is 6.29 Å². The van der Waals surface area contributed by atoms with Crippen LogP contribution < -0.4 is 0 Å². The van der Waals surface area contributed by atoms with Gasteiger partial charge in [0.25, 0.3) is 0 Å². The molecule has 5 heteroatoms. The molecule has 0 saturated carbocycles. The first-order valence-electron chi connectivity index (χ1n) is 3.78. The van der Waals surface area contributed by atoms with Crippen LogP contribution in [0, 0.1) is 0 Å². The quantitative estimate of drug-likeness (QED) is 0.282. The summed E-state index contributed by atoms with van der Waals surface area (Å²) in [6.07, 6.45) is 0.277. The monoisotopic (exact) mass is 176 g/mol. The van der Waals surface area contributed by atoms with Crippen LogP contribution in [0.5, 0.6) is 0 Å². The van der Waals surface area contributed by atoms with E-state index in [2.05, 4.69) is 4.89 Å². The normalized spacial score (nSPS) is 31.8. The van der Waals surface area contributed by atoms with Gasteiger partial charge in [0, 0.05) is 6.42 Å². The van der Waals surface area contributed by atoms with Crippen LogP contribution in [0.25, 0.3) is 0 Å². The molecular formula is C7H12O5. The third-order valence-corrected chi connectivity index (χ3v) is 1.62. The van der Waals surface area contributed by atoms with Gasteiger partial charge in [0.05, 0.1) is 6.61 Å². The molecular weight excluding hydrogens is 164 g/mol. The lowest BCUT2D eigenvalue weighted by Crippen LogP contribution is -2.30. The summed E-state index contributed by atoms with van der Waals surface area (Å²) in [5.74, 6) is -0.815. The number of rotatable bonds is 4. The molecule has 0 aromatic heterocycles. The van der Waals surface area contributed by atoms with Gasteiger partial charge >= 0.3 is 0 Å². The Kier molecular flexibility index (Phi) is 3.16. The number of carbonyl (C=O) groups excluding carboxylic acids is 1. The summed E-state index contributed by atoms with van der Waals surface area (Å²) >= 11 is 0. The molecule has 0 aliphatic carbocycles. The summed E-state index contributed by atoms with van der Waals surface area (Å²) < 4.78 is 5.16. The van der Waals surface area contributed by atoms with Crippen LogP contribution in [0.4, 0.5) is 0 Å². The fraction of sp³-hybridized carbons (Fsp3) is 0.857. The van der Waals surface area contributed by atoms with E-state index in [0.29, 0.717) is 13.0 Å². The summed E-state index contributed by atoms with van der Waals surface area (Å²) in [7, 11) is 0. The van der Waals surface area contributed by atoms with E-state index < -0.39 is 12.1 Å². The molecule has 5 nitrogen and oxygen atoms in total. The molecule has 0 aromatic carbocycles. The third-order valence-electron chi connectivity index (χ3n) is 1.62. The van der Waals surface area contributed by atoms with E-state index in [-0.39, 0.29) is 6.29 Å². The molecule has 0 radical (unpaired) electrons. The first-order chi connectivity index (χ1) is 5.66. The van der Waals surface area contributed by atoms with Gasteiger partial charge in [-0.15, -0.1) is 0 Å². The van der Waals surface area contributed by atoms with E-state index in [1.54, 1.807) is 6.92 Å². The van der Waals surface area contributed by atoms with Gasteiger partial charge in [-0.2, -0.15) is 9.78 Å². The molecule has 1 fully saturated rings. The molecule has 1 rings (SSSR count). The van der Waals surface area contributed by atoms with Gasteiger partial charge in [0.15, 0.2) is 12.1 Å². The van der Waals surface area contributed by atoms with Gasteiger partial charge in [-0.05, 0) is 13.3 Å². The van der Waals surface area contributed by atoms with Gasteiger partial charge in [-0.3, -0.25) is 4.79 Å². The van der Waals surface area contributed by atoms with Gasteiger partial charge < -0.3 is 9.84 Å². The van der Waals surface area contributed by atoms with E-state index in [0.717, 1.165) is 6.42 Å². The molecule has 1 heterocycles. The summed E-state index contributed by atoms with van der Waals surface area (Å²) in [5.41, 5.74) is 0. The maximum Gasteiger partial charge on any atom is 0.245 e. The molecule has 1 aliphatic heterocycles. The second kappa shape index (κ2) is 3.95. The zero-order valence-corrected chi connectivity index (χ0v) is 6.86. The lowest BCUT2D eigenvalue weighted by Gasteiger charge is -2.21. The molecule has 1 aliphatic rings. The lowest BCUT2D eigenvalue weighted by molar-refractivity contribution is -0.446. The Balaban J connectivity index is 2.25. The van der Waals surface area contributed by atoms with Crippen LogP contribution in [-0.4, -0.2) is 30.1 Å². The van der Waals surface area contributed by atoms with E-state index >= 15 is 0 Å². The maximum absolute atomic E-state index is 9.92. The van der Waals surface area contributed by atoms with Crippen LogP contribution in [0.1, 0.15) is 19.8 Å².